The van der Waals surface area contributed by atoms with Gasteiger partial charge in [-0.2, -0.15) is 0 Å². The van der Waals surface area contributed by atoms with Crippen LogP contribution in [0.2, 0.25) is 0 Å². The first-order valence-electron chi connectivity index (χ1n) is 6.33. The zero-order valence-electron chi connectivity index (χ0n) is 11.3. The second-order valence-electron chi connectivity index (χ2n) is 4.69. The Labute approximate surface area is 115 Å². The lowest BCUT2D eigenvalue weighted by Gasteiger charge is -2.28. The number of non-ortho nitro benzene ring substituents is 1. The van der Waals surface area contributed by atoms with Gasteiger partial charge in [0.05, 0.1) is 10.6 Å². The van der Waals surface area contributed by atoms with Crippen LogP contribution in [0.3, 0.4) is 0 Å². The maximum Gasteiger partial charge on any atom is 0.300 e. The molecule has 8 heteroatoms. The third-order valence-corrected chi connectivity index (χ3v) is 3.06. The summed E-state index contributed by atoms with van der Waals surface area (Å²) >= 11 is 0. The predicted molar refractivity (Wildman–Crippen MR) is 72.6 cm³/mol. The summed E-state index contributed by atoms with van der Waals surface area (Å²) in [5, 5.41) is 27.3. The van der Waals surface area contributed by atoms with Crippen LogP contribution in [-0.2, 0) is 0 Å². The summed E-state index contributed by atoms with van der Waals surface area (Å²) < 4.78 is 4.65. The molecule has 1 heterocycles. The van der Waals surface area contributed by atoms with Gasteiger partial charge in [0.25, 0.3) is 0 Å². The van der Waals surface area contributed by atoms with Crippen LogP contribution in [0, 0.1) is 10.1 Å². The van der Waals surface area contributed by atoms with E-state index in [0.29, 0.717) is 18.5 Å². The van der Waals surface area contributed by atoms with Gasteiger partial charge in [0.2, 0.25) is 5.52 Å². The topological polar surface area (TPSA) is 106 Å². The van der Waals surface area contributed by atoms with E-state index in [0.717, 1.165) is 5.69 Å². The quantitative estimate of drug-likeness (QED) is 0.634. The number of fused-ring (bicyclic) bond motifs is 1. The second kappa shape index (κ2) is 5.83. The molecule has 2 aromatic rings. The molecule has 0 spiro atoms. The molecule has 0 bridgehead atoms. The highest BCUT2D eigenvalue weighted by Gasteiger charge is 2.23. The summed E-state index contributed by atoms with van der Waals surface area (Å²) in [6.45, 7) is 4.70. The number of nitro groups is 1. The van der Waals surface area contributed by atoms with Crippen LogP contribution in [-0.4, -0.2) is 39.5 Å². The molecule has 20 heavy (non-hydrogen) atoms. The lowest BCUT2D eigenvalue weighted by molar-refractivity contribution is -0.383. The number of hydrogen-bond donors (Lipinski definition) is 1. The Morgan fingerprint density at radius 3 is 2.70 bits per heavy atom. The van der Waals surface area contributed by atoms with Gasteiger partial charge in [-0.1, -0.05) is 0 Å². The lowest BCUT2D eigenvalue weighted by Crippen LogP contribution is -2.32. The maximum absolute atomic E-state index is 10.9. The van der Waals surface area contributed by atoms with Crippen molar-refractivity contribution in [2.45, 2.75) is 26.3 Å². The molecule has 108 valence electrons. The Morgan fingerprint density at radius 1 is 1.40 bits per heavy atom. The van der Waals surface area contributed by atoms with E-state index in [4.69, 9.17) is 5.11 Å². The van der Waals surface area contributed by atoms with Gasteiger partial charge in [0.15, 0.2) is 5.52 Å². The Kier molecular flexibility index (Phi) is 4.14. The highest BCUT2D eigenvalue weighted by Crippen LogP contribution is 2.32. The molecule has 0 atom stereocenters. The lowest BCUT2D eigenvalue weighted by atomic mass is 10.1. The number of aliphatic hydroxyl groups is 1. The third-order valence-electron chi connectivity index (χ3n) is 3.06. The molecule has 0 amide bonds. The monoisotopic (exact) mass is 280 g/mol. The van der Waals surface area contributed by atoms with Crippen molar-refractivity contribution in [3.63, 3.8) is 0 Å². The minimum absolute atomic E-state index is 0.0798. The van der Waals surface area contributed by atoms with Crippen molar-refractivity contribution < 1.29 is 14.7 Å². The van der Waals surface area contributed by atoms with E-state index in [9.17, 15) is 10.1 Å². The largest absolute Gasteiger partial charge is 0.396 e. The molecule has 1 N–H and O–H groups in total. The SMILES string of the molecule is CC(C)N(CCCO)c1ccc([N+](=O)[O-])c2nonc12. The van der Waals surface area contributed by atoms with E-state index in [1.165, 1.54) is 6.07 Å². The van der Waals surface area contributed by atoms with Gasteiger partial charge >= 0.3 is 5.69 Å². The zero-order chi connectivity index (χ0) is 14.7. The van der Waals surface area contributed by atoms with Crippen LogP contribution >= 0.6 is 0 Å². The summed E-state index contributed by atoms with van der Waals surface area (Å²) in [6.07, 6.45) is 0.599. The molecular weight excluding hydrogens is 264 g/mol. The molecule has 0 aliphatic heterocycles. The summed E-state index contributed by atoms with van der Waals surface area (Å²) in [4.78, 5) is 12.4. The molecule has 0 aliphatic carbocycles. The Morgan fingerprint density at radius 2 is 2.10 bits per heavy atom. The van der Waals surface area contributed by atoms with Crippen molar-refractivity contribution in [3.8, 4) is 0 Å². The fourth-order valence-electron chi connectivity index (χ4n) is 2.12. The first-order chi connectivity index (χ1) is 9.56. The molecular formula is C12H16N4O4. The maximum atomic E-state index is 10.9. The van der Waals surface area contributed by atoms with Gasteiger partial charge in [-0.25, -0.2) is 4.63 Å². The fourth-order valence-corrected chi connectivity index (χ4v) is 2.12. The van der Waals surface area contributed by atoms with E-state index < -0.39 is 4.92 Å². The van der Waals surface area contributed by atoms with Crippen LogP contribution in [0.25, 0.3) is 11.0 Å². The third kappa shape index (κ3) is 2.55. The second-order valence-corrected chi connectivity index (χ2v) is 4.69. The van der Waals surface area contributed by atoms with Crippen molar-refractivity contribution in [3.05, 3.63) is 22.2 Å². The van der Waals surface area contributed by atoms with Gasteiger partial charge in [-0.3, -0.25) is 10.1 Å². The van der Waals surface area contributed by atoms with Crippen molar-refractivity contribution in [2.75, 3.05) is 18.1 Å². The molecule has 0 saturated heterocycles. The minimum atomic E-state index is -0.510. The Balaban J connectivity index is 2.51. The number of nitrogens with zero attached hydrogens (tertiary/aromatic N) is 4. The van der Waals surface area contributed by atoms with E-state index >= 15 is 0 Å². The normalized spacial score (nSPS) is 11.2. The smallest absolute Gasteiger partial charge is 0.300 e. The van der Waals surface area contributed by atoms with E-state index in [-0.39, 0.29) is 23.9 Å². The summed E-state index contributed by atoms with van der Waals surface area (Å²) in [7, 11) is 0. The molecule has 1 aromatic heterocycles. The van der Waals surface area contributed by atoms with Crippen LogP contribution in [0.1, 0.15) is 20.3 Å². The zero-order valence-corrected chi connectivity index (χ0v) is 11.3. The Hall–Kier alpha value is -2.22. The number of aromatic nitrogens is 2. The number of rotatable bonds is 6. The molecule has 0 radical (unpaired) electrons. The number of hydrogen-bond acceptors (Lipinski definition) is 7. The summed E-state index contributed by atoms with van der Waals surface area (Å²) in [6, 6.07) is 3.20. The molecule has 0 unspecified atom stereocenters. The van der Waals surface area contributed by atoms with E-state index in [1.54, 1.807) is 6.07 Å². The number of aliphatic hydroxyl groups excluding tert-OH is 1. The first kappa shape index (κ1) is 14.2. The van der Waals surface area contributed by atoms with Crippen LogP contribution in [0.15, 0.2) is 16.8 Å². The standard InChI is InChI=1S/C12H16N4O4/c1-8(2)15(6-3-7-17)9-4-5-10(16(18)19)12-11(9)13-20-14-12/h4-5,8,17H,3,6-7H2,1-2H3. The van der Waals surface area contributed by atoms with Gasteiger partial charge in [0.1, 0.15) is 0 Å². The van der Waals surface area contributed by atoms with Crippen molar-refractivity contribution >= 4 is 22.4 Å². The van der Waals surface area contributed by atoms with Gasteiger partial charge in [0, 0.05) is 25.3 Å². The molecule has 0 fully saturated rings. The van der Waals surface area contributed by atoms with Crippen molar-refractivity contribution in [1.29, 1.82) is 0 Å². The van der Waals surface area contributed by atoms with Gasteiger partial charge < -0.3 is 10.0 Å². The first-order valence-corrected chi connectivity index (χ1v) is 6.33. The fraction of sp³-hybridized carbons (Fsp3) is 0.500. The highest BCUT2D eigenvalue weighted by molar-refractivity contribution is 5.93. The average Bonchev–Trinajstić information content (AvgIpc) is 2.87. The summed E-state index contributed by atoms with van der Waals surface area (Å²) in [5.74, 6) is 0. The van der Waals surface area contributed by atoms with Gasteiger partial charge in [-0.05, 0) is 36.6 Å². The number of benzene rings is 1. The van der Waals surface area contributed by atoms with Crippen LogP contribution < -0.4 is 4.90 Å². The average molecular weight is 280 g/mol. The number of nitro benzene ring substituents is 1. The van der Waals surface area contributed by atoms with Crippen molar-refractivity contribution in [2.24, 2.45) is 0 Å². The molecule has 0 aliphatic rings. The minimum Gasteiger partial charge on any atom is -0.396 e. The molecule has 2 rings (SSSR count). The molecule has 8 nitrogen and oxygen atoms in total. The van der Waals surface area contributed by atoms with Crippen LogP contribution in [0.5, 0.6) is 0 Å². The van der Waals surface area contributed by atoms with Crippen molar-refractivity contribution in [1.82, 2.24) is 10.3 Å². The Bertz CT molecular complexity index is 611. The van der Waals surface area contributed by atoms with E-state index in [1.807, 2.05) is 18.7 Å². The predicted octanol–water partition coefficient (Wildman–Crippen LogP) is 1.73. The number of anilines is 1. The highest BCUT2D eigenvalue weighted by atomic mass is 16.6. The van der Waals surface area contributed by atoms with Crippen LogP contribution in [0.4, 0.5) is 11.4 Å². The van der Waals surface area contributed by atoms with Gasteiger partial charge in [-0.15, -0.1) is 0 Å². The summed E-state index contributed by atoms with van der Waals surface area (Å²) in [5.41, 5.74) is 1.10. The molecule has 1 aromatic carbocycles. The molecule has 0 saturated carbocycles. The van der Waals surface area contributed by atoms with E-state index in [2.05, 4.69) is 14.9 Å².